The molecule has 2 amide bonds. The number of hydrogen-bond acceptors (Lipinski definition) is 6. The molecule has 1 aliphatic carbocycles. The van der Waals surface area contributed by atoms with Crippen molar-refractivity contribution in [3.63, 3.8) is 0 Å². The number of nitrogens with one attached hydrogen (secondary N) is 2. The molecule has 8 nitrogen and oxygen atoms in total. The van der Waals surface area contributed by atoms with E-state index < -0.39 is 29.8 Å². The first-order chi connectivity index (χ1) is 13.5. The van der Waals surface area contributed by atoms with E-state index in [4.69, 9.17) is 4.74 Å². The van der Waals surface area contributed by atoms with E-state index in [0.717, 1.165) is 6.07 Å². The minimum absolute atomic E-state index is 0.0408. The highest BCUT2D eigenvalue weighted by Crippen LogP contribution is 2.27. The fourth-order valence-corrected chi connectivity index (χ4v) is 3.18. The number of benzene rings is 1. The second-order valence-electron chi connectivity index (χ2n) is 6.58. The van der Waals surface area contributed by atoms with Gasteiger partial charge in [0.1, 0.15) is 0 Å². The van der Waals surface area contributed by atoms with Gasteiger partial charge >= 0.3 is 0 Å². The molecule has 148 valence electrons. The molecule has 0 saturated heterocycles. The van der Waals surface area contributed by atoms with Gasteiger partial charge in [0.05, 0.1) is 37.7 Å². The fraction of sp³-hybridized carbons (Fsp3) is 0.368. The van der Waals surface area contributed by atoms with Crippen LogP contribution in [0, 0.1) is 11.7 Å². The number of hydrogen-bond donors (Lipinski definition) is 3. The van der Waals surface area contributed by atoms with E-state index in [1.807, 2.05) is 0 Å². The predicted octanol–water partition coefficient (Wildman–Crippen LogP) is 0.810. The average molecular weight is 388 g/mol. The number of nitrogens with zero attached hydrogens (tertiary/aromatic N) is 2. The number of halogens is 1. The second-order valence-corrected chi connectivity index (χ2v) is 6.58. The van der Waals surface area contributed by atoms with Gasteiger partial charge in [-0.3, -0.25) is 19.6 Å². The Hall–Kier alpha value is -3.07. The summed E-state index contributed by atoms with van der Waals surface area (Å²) in [6.45, 7) is 0.242. The Kier molecular flexibility index (Phi) is 6.15. The number of amides is 2. The third-order valence-corrected chi connectivity index (χ3v) is 4.69. The van der Waals surface area contributed by atoms with Crippen LogP contribution in [0.2, 0.25) is 0 Å². The zero-order valence-electron chi connectivity index (χ0n) is 15.3. The van der Waals surface area contributed by atoms with Crippen LogP contribution in [0.5, 0.6) is 5.75 Å². The van der Waals surface area contributed by atoms with Gasteiger partial charge in [-0.2, -0.15) is 0 Å². The van der Waals surface area contributed by atoms with Crippen LogP contribution < -0.4 is 15.4 Å². The molecule has 1 fully saturated rings. The van der Waals surface area contributed by atoms with Gasteiger partial charge in [-0.15, -0.1) is 0 Å². The number of carbonyl (C=O) groups excluding carboxylic acids is 2. The Morgan fingerprint density at radius 3 is 2.86 bits per heavy atom. The summed E-state index contributed by atoms with van der Waals surface area (Å²) in [5.41, 5.74) is 0.838. The molecule has 1 aromatic heterocycles. The largest absolute Gasteiger partial charge is 0.494 e. The van der Waals surface area contributed by atoms with E-state index in [0.29, 0.717) is 12.1 Å². The van der Waals surface area contributed by atoms with Crippen molar-refractivity contribution in [1.82, 2.24) is 20.6 Å². The molecule has 0 bridgehead atoms. The minimum atomic E-state index is -0.849. The number of rotatable bonds is 6. The van der Waals surface area contributed by atoms with Gasteiger partial charge in [-0.1, -0.05) is 0 Å². The molecule has 0 unspecified atom stereocenters. The topological polar surface area (TPSA) is 113 Å². The fourth-order valence-electron chi connectivity index (χ4n) is 3.18. The first-order valence-corrected chi connectivity index (χ1v) is 8.83. The van der Waals surface area contributed by atoms with Crippen molar-refractivity contribution in [1.29, 1.82) is 0 Å². The van der Waals surface area contributed by atoms with Crippen molar-refractivity contribution in [3.8, 4) is 5.75 Å². The molecular formula is C19H21FN4O4. The van der Waals surface area contributed by atoms with Crippen molar-refractivity contribution in [2.45, 2.75) is 31.5 Å². The van der Waals surface area contributed by atoms with Crippen LogP contribution in [-0.4, -0.2) is 46.1 Å². The molecule has 3 atom stereocenters. The Labute approximate surface area is 161 Å². The summed E-state index contributed by atoms with van der Waals surface area (Å²) in [5.74, 6) is -1.73. The van der Waals surface area contributed by atoms with Crippen molar-refractivity contribution < 1.29 is 23.8 Å². The summed E-state index contributed by atoms with van der Waals surface area (Å²) in [5, 5.41) is 15.7. The van der Waals surface area contributed by atoms with E-state index in [2.05, 4.69) is 20.6 Å². The summed E-state index contributed by atoms with van der Waals surface area (Å²) < 4.78 is 18.4. The van der Waals surface area contributed by atoms with Crippen LogP contribution in [0.15, 0.2) is 36.8 Å². The van der Waals surface area contributed by atoms with Gasteiger partial charge < -0.3 is 20.5 Å². The summed E-state index contributed by atoms with van der Waals surface area (Å²) in [7, 11) is 1.31. The minimum Gasteiger partial charge on any atom is -0.494 e. The molecular weight excluding hydrogens is 367 g/mol. The summed E-state index contributed by atoms with van der Waals surface area (Å²) in [6, 6.07) is 3.19. The average Bonchev–Trinajstić information content (AvgIpc) is 3.07. The quantitative estimate of drug-likeness (QED) is 0.675. The third kappa shape index (κ3) is 4.61. The molecule has 0 radical (unpaired) electrons. The van der Waals surface area contributed by atoms with E-state index >= 15 is 0 Å². The molecule has 1 saturated carbocycles. The number of ether oxygens (including phenoxy) is 1. The second kappa shape index (κ2) is 8.75. The van der Waals surface area contributed by atoms with Crippen LogP contribution in [0.4, 0.5) is 4.39 Å². The molecule has 3 rings (SSSR count). The highest BCUT2D eigenvalue weighted by molar-refractivity contribution is 5.95. The lowest BCUT2D eigenvalue weighted by molar-refractivity contribution is -0.125. The normalized spacial score (nSPS) is 21.2. The maximum Gasteiger partial charge on any atom is 0.251 e. The first kappa shape index (κ1) is 19.7. The zero-order valence-corrected chi connectivity index (χ0v) is 15.3. The van der Waals surface area contributed by atoms with E-state index in [1.54, 1.807) is 12.4 Å². The zero-order chi connectivity index (χ0) is 20.1. The molecule has 0 spiro atoms. The maximum absolute atomic E-state index is 13.5. The van der Waals surface area contributed by atoms with Crippen LogP contribution in [-0.2, 0) is 11.3 Å². The SMILES string of the molecule is COc1cc(C(=O)N[C@@H]2C[C@H](C(=O)NCc3cnccn3)C[C@H]2O)ccc1F. The monoisotopic (exact) mass is 388 g/mol. The Balaban J connectivity index is 1.56. The number of aromatic nitrogens is 2. The Bertz CT molecular complexity index is 849. The molecule has 28 heavy (non-hydrogen) atoms. The van der Waals surface area contributed by atoms with Gasteiger partial charge in [-0.05, 0) is 31.0 Å². The number of aliphatic hydroxyl groups is 1. The van der Waals surface area contributed by atoms with Gasteiger partial charge in [-0.25, -0.2) is 4.39 Å². The van der Waals surface area contributed by atoms with Gasteiger partial charge in [0, 0.05) is 23.9 Å². The van der Waals surface area contributed by atoms with Crippen molar-refractivity contribution in [2.75, 3.05) is 7.11 Å². The molecule has 0 aliphatic heterocycles. The molecule has 2 aromatic rings. The van der Waals surface area contributed by atoms with Crippen molar-refractivity contribution >= 4 is 11.8 Å². The standard InChI is InChI=1S/C19H21FN4O4/c1-28-17-8-11(2-3-14(17)20)19(27)24-15-6-12(7-16(15)25)18(26)23-10-13-9-21-4-5-22-13/h2-5,8-9,12,15-16,25H,6-7,10H2,1H3,(H,23,26)(H,24,27)/t12-,15+,16+/m0/s1. The molecule has 3 N–H and O–H groups in total. The lowest BCUT2D eigenvalue weighted by Gasteiger charge is -2.16. The van der Waals surface area contributed by atoms with Crippen molar-refractivity contribution in [3.05, 3.63) is 53.9 Å². The smallest absolute Gasteiger partial charge is 0.251 e. The van der Waals surface area contributed by atoms with E-state index in [-0.39, 0.29) is 30.2 Å². The first-order valence-electron chi connectivity index (χ1n) is 8.83. The highest BCUT2D eigenvalue weighted by Gasteiger charge is 2.37. The lowest BCUT2D eigenvalue weighted by Crippen LogP contribution is -2.40. The highest BCUT2D eigenvalue weighted by atomic mass is 19.1. The van der Waals surface area contributed by atoms with Gasteiger partial charge in [0.2, 0.25) is 5.91 Å². The predicted molar refractivity (Wildman–Crippen MR) is 96.8 cm³/mol. The van der Waals surface area contributed by atoms with Crippen molar-refractivity contribution in [2.24, 2.45) is 5.92 Å². The maximum atomic E-state index is 13.5. The number of aliphatic hydroxyl groups excluding tert-OH is 1. The summed E-state index contributed by atoms with van der Waals surface area (Å²) in [6.07, 6.45) is 4.34. The molecule has 9 heteroatoms. The molecule has 1 heterocycles. The number of carbonyl (C=O) groups is 2. The van der Waals surface area contributed by atoms with Gasteiger partial charge in [0.25, 0.3) is 5.91 Å². The van der Waals surface area contributed by atoms with Crippen LogP contribution in [0.25, 0.3) is 0 Å². The third-order valence-electron chi connectivity index (χ3n) is 4.69. The molecule has 1 aliphatic rings. The number of methoxy groups -OCH3 is 1. The lowest BCUT2D eigenvalue weighted by atomic mass is 10.1. The van der Waals surface area contributed by atoms with Crippen LogP contribution in [0.3, 0.4) is 0 Å². The van der Waals surface area contributed by atoms with Crippen LogP contribution >= 0.6 is 0 Å². The Morgan fingerprint density at radius 1 is 1.32 bits per heavy atom. The summed E-state index contributed by atoms with van der Waals surface area (Å²) in [4.78, 5) is 32.8. The van der Waals surface area contributed by atoms with Crippen LogP contribution in [0.1, 0.15) is 28.9 Å². The Morgan fingerprint density at radius 2 is 2.14 bits per heavy atom. The molecule has 1 aromatic carbocycles. The summed E-state index contributed by atoms with van der Waals surface area (Å²) >= 11 is 0. The van der Waals surface area contributed by atoms with E-state index in [9.17, 15) is 19.1 Å². The van der Waals surface area contributed by atoms with E-state index in [1.165, 1.54) is 25.4 Å². The van der Waals surface area contributed by atoms with Gasteiger partial charge in [0.15, 0.2) is 11.6 Å².